The van der Waals surface area contributed by atoms with E-state index in [9.17, 15) is 10.1 Å². The van der Waals surface area contributed by atoms with Crippen LogP contribution in [0.2, 0.25) is 0 Å². The summed E-state index contributed by atoms with van der Waals surface area (Å²) in [5.74, 6) is 0.215. The highest BCUT2D eigenvalue weighted by Gasteiger charge is 2.36. The lowest BCUT2D eigenvalue weighted by atomic mass is 9.95. The summed E-state index contributed by atoms with van der Waals surface area (Å²) in [5.41, 5.74) is 8.01. The van der Waals surface area contributed by atoms with E-state index in [-0.39, 0.29) is 29.3 Å². The number of aryl methyl sites for hydroxylation is 1. The van der Waals surface area contributed by atoms with Crippen LogP contribution < -0.4 is 16.0 Å². The number of ether oxygens (including phenoxy) is 1. The maximum absolute atomic E-state index is 15.2. The van der Waals surface area contributed by atoms with E-state index >= 15 is 4.39 Å². The van der Waals surface area contributed by atoms with Crippen LogP contribution in [0.4, 0.5) is 4.39 Å². The first-order valence-electron chi connectivity index (χ1n) is 10.6. The molecule has 0 aliphatic heterocycles. The van der Waals surface area contributed by atoms with Crippen LogP contribution in [0.15, 0.2) is 41.3 Å². The van der Waals surface area contributed by atoms with Crippen molar-refractivity contribution in [1.82, 2.24) is 20.0 Å². The van der Waals surface area contributed by atoms with Gasteiger partial charge in [0, 0.05) is 24.5 Å². The van der Waals surface area contributed by atoms with E-state index in [0.29, 0.717) is 45.0 Å². The van der Waals surface area contributed by atoms with Gasteiger partial charge in [0.1, 0.15) is 29.3 Å². The van der Waals surface area contributed by atoms with Gasteiger partial charge in [-0.15, -0.1) is 0 Å². The third kappa shape index (κ3) is 3.45. The van der Waals surface area contributed by atoms with Gasteiger partial charge in [-0.2, -0.15) is 15.5 Å². The van der Waals surface area contributed by atoms with Crippen LogP contribution in [0.1, 0.15) is 24.6 Å². The molecule has 2 heterocycles. The van der Waals surface area contributed by atoms with E-state index in [0.717, 1.165) is 6.42 Å². The molecule has 2 atom stereocenters. The molecule has 2 aromatic carbocycles. The molecular formula is C24H21FN6O2. The maximum Gasteiger partial charge on any atom is 0.272 e. The molecule has 1 saturated carbocycles. The lowest BCUT2D eigenvalue weighted by Gasteiger charge is -2.14. The number of nitrogens with one attached hydrogen (secondary N) is 1. The Bertz CT molecular complexity index is 1500. The highest BCUT2D eigenvalue weighted by atomic mass is 19.1. The highest BCUT2D eigenvalue weighted by molar-refractivity contribution is 5.92. The highest BCUT2D eigenvalue weighted by Crippen LogP contribution is 2.41. The van der Waals surface area contributed by atoms with Gasteiger partial charge < -0.3 is 10.5 Å². The molecule has 4 aromatic rings. The Kier molecular flexibility index (Phi) is 4.95. The molecule has 2 aromatic heterocycles. The van der Waals surface area contributed by atoms with Crippen LogP contribution in [-0.4, -0.2) is 26.1 Å². The largest absolute Gasteiger partial charge is 0.489 e. The van der Waals surface area contributed by atoms with Crippen molar-refractivity contribution in [1.29, 1.82) is 5.26 Å². The average molecular weight is 444 g/mol. The Labute approximate surface area is 188 Å². The Morgan fingerprint density at radius 1 is 1.33 bits per heavy atom. The van der Waals surface area contributed by atoms with E-state index in [1.165, 1.54) is 16.8 Å². The molecule has 0 unspecified atom stereocenters. The molecule has 166 valence electrons. The summed E-state index contributed by atoms with van der Waals surface area (Å²) in [4.78, 5) is 12.2. The normalized spacial score (nSPS) is 17.2. The molecular weight excluding hydrogens is 423 g/mol. The zero-order valence-electron chi connectivity index (χ0n) is 18.1. The van der Waals surface area contributed by atoms with Gasteiger partial charge in [0.2, 0.25) is 0 Å². The van der Waals surface area contributed by atoms with Crippen LogP contribution in [-0.2, 0) is 13.6 Å². The van der Waals surface area contributed by atoms with Crippen LogP contribution in [0.5, 0.6) is 5.75 Å². The molecule has 8 nitrogen and oxygen atoms in total. The van der Waals surface area contributed by atoms with Crippen molar-refractivity contribution in [2.45, 2.75) is 26.0 Å². The number of nitriles is 1. The summed E-state index contributed by atoms with van der Waals surface area (Å²) < 4.78 is 22.7. The Hall–Kier alpha value is -4.03. The van der Waals surface area contributed by atoms with Gasteiger partial charge in [-0.05, 0) is 42.2 Å². The van der Waals surface area contributed by atoms with Crippen LogP contribution in [0.3, 0.4) is 0 Å². The molecule has 5 rings (SSSR count). The Balaban J connectivity index is 1.71. The quantitative estimate of drug-likeness (QED) is 0.487. The van der Waals surface area contributed by atoms with E-state index in [1.54, 1.807) is 31.4 Å². The number of nitrogens with zero attached hydrogens (tertiary/aromatic N) is 4. The molecule has 1 aliphatic carbocycles. The van der Waals surface area contributed by atoms with E-state index in [2.05, 4.69) is 28.3 Å². The molecule has 0 bridgehead atoms. The lowest BCUT2D eigenvalue weighted by molar-refractivity contribution is 0.287. The van der Waals surface area contributed by atoms with Gasteiger partial charge in [0.15, 0.2) is 0 Å². The molecule has 0 radical (unpaired) electrons. The first-order chi connectivity index (χ1) is 15.9. The minimum atomic E-state index is -0.547. The standard InChI is InChI=1S/C24H21FN6O2/c1-12-7-21(12)33-20-6-5-18(25)22(16(20)9-26)23-17(11-28-31(23)2)13-3-4-14-15(8-13)19(10-27)29-30-24(14)32/h3-6,8,11-12,21H,7,10,27H2,1-2H3,(H,30,32)/t12-,21-/m1/s1. The number of fused-ring (bicyclic) bond motifs is 1. The SMILES string of the molecule is C[C@@H]1C[C@H]1Oc1ccc(F)c(-c2c(-c3ccc4c(=O)[nH]nc(CN)c4c3)cnn2C)c1C#N. The van der Waals surface area contributed by atoms with Crippen molar-refractivity contribution >= 4 is 10.8 Å². The van der Waals surface area contributed by atoms with Crippen LogP contribution in [0, 0.1) is 23.1 Å². The summed E-state index contributed by atoms with van der Waals surface area (Å²) in [6.07, 6.45) is 2.54. The van der Waals surface area contributed by atoms with E-state index in [4.69, 9.17) is 10.5 Å². The van der Waals surface area contributed by atoms with Gasteiger partial charge in [-0.1, -0.05) is 13.0 Å². The number of hydrogen-bond donors (Lipinski definition) is 2. The summed E-state index contributed by atoms with van der Waals surface area (Å²) in [6.45, 7) is 2.21. The molecule has 1 fully saturated rings. The number of halogens is 1. The van der Waals surface area contributed by atoms with E-state index in [1.807, 2.05) is 0 Å². The Morgan fingerprint density at radius 3 is 2.82 bits per heavy atom. The molecule has 9 heteroatoms. The number of rotatable bonds is 5. The van der Waals surface area contributed by atoms with Gasteiger partial charge in [-0.3, -0.25) is 9.48 Å². The Morgan fingerprint density at radius 2 is 2.12 bits per heavy atom. The first-order valence-corrected chi connectivity index (χ1v) is 10.6. The van der Waals surface area contributed by atoms with Crippen molar-refractivity contribution < 1.29 is 9.13 Å². The second-order valence-corrected chi connectivity index (χ2v) is 8.27. The van der Waals surface area contributed by atoms with Crippen LogP contribution >= 0.6 is 0 Å². The molecule has 1 aliphatic rings. The zero-order chi connectivity index (χ0) is 23.3. The van der Waals surface area contributed by atoms with Crippen molar-refractivity contribution in [3.63, 3.8) is 0 Å². The van der Waals surface area contributed by atoms with Gasteiger partial charge >= 0.3 is 0 Å². The monoisotopic (exact) mass is 444 g/mol. The number of aromatic nitrogens is 4. The summed E-state index contributed by atoms with van der Waals surface area (Å²) in [5, 5.41) is 21.8. The van der Waals surface area contributed by atoms with Crippen molar-refractivity contribution in [3.05, 3.63) is 64.0 Å². The number of nitrogens with two attached hydrogens (primary N) is 1. The fourth-order valence-corrected chi connectivity index (χ4v) is 4.10. The number of H-pyrrole nitrogens is 1. The third-order valence-electron chi connectivity index (χ3n) is 6.09. The van der Waals surface area contributed by atoms with Gasteiger partial charge in [0.05, 0.1) is 28.5 Å². The summed E-state index contributed by atoms with van der Waals surface area (Å²) >= 11 is 0. The smallest absolute Gasteiger partial charge is 0.272 e. The lowest BCUT2D eigenvalue weighted by Crippen LogP contribution is -2.13. The van der Waals surface area contributed by atoms with Crippen LogP contribution in [0.25, 0.3) is 33.2 Å². The van der Waals surface area contributed by atoms with Crippen molar-refractivity contribution in [3.8, 4) is 34.2 Å². The average Bonchev–Trinajstić information content (AvgIpc) is 3.38. The second-order valence-electron chi connectivity index (χ2n) is 8.27. The molecule has 3 N–H and O–H groups in total. The zero-order valence-corrected chi connectivity index (χ0v) is 18.1. The summed E-state index contributed by atoms with van der Waals surface area (Å²) in [6, 6.07) is 10.2. The number of benzene rings is 2. The predicted molar refractivity (Wildman–Crippen MR) is 121 cm³/mol. The third-order valence-corrected chi connectivity index (χ3v) is 6.09. The topological polar surface area (TPSA) is 123 Å². The molecule has 0 amide bonds. The maximum atomic E-state index is 15.2. The summed E-state index contributed by atoms with van der Waals surface area (Å²) in [7, 11) is 1.69. The predicted octanol–water partition coefficient (Wildman–Crippen LogP) is 3.25. The molecule has 0 spiro atoms. The molecule has 0 saturated heterocycles. The minimum Gasteiger partial charge on any atom is -0.489 e. The van der Waals surface area contributed by atoms with Crippen molar-refractivity contribution in [2.24, 2.45) is 18.7 Å². The second kappa shape index (κ2) is 7.83. The fraction of sp³-hybridized carbons (Fsp3) is 0.250. The minimum absolute atomic E-state index is 0.0298. The van der Waals surface area contributed by atoms with Gasteiger partial charge in [-0.25, -0.2) is 9.49 Å². The van der Waals surface area contributed by atoms with E-state index < -0.39 is 5.82 Å². The van der Waals surface area contributed by atoms with Crippen molar-refractivity contribution in [2.75, 3.05) is 0 Å². The molecule has 33 heavy (non-hydrogen) atoms. The number of hydrogen-bond acceptors (Lipinski definition) is 6. The number of aromatic amines is 1. The van der Waals surface area contributed by atoms with Gasteiger partial charge in [0.25, 0.3) is 5.56 Å². The first kappa shape index (κ1) is 20.8. The fourth-order valence-electron chi connectivity index (χ4n) is 4.10.